The maximum absolute atomic E-state index is 12.8. The van der Waals surface area contributed by atoms with Gasteiger partial charge in [-0.05, 0) is 41.1 Å². The molecule has 3 rings (SSSR count). The molecule has 0 atom stereocenters. The summed E-state index contributed by atoms with van der Waals surface area (Å²) < 4.78 is 12.8. The molecule has 0 aliphatic rings. The van der Waals surface area contributed by atoms with Gasteiger partial charge in [0.25, 0.3) is 0 Å². The number of hydrogen-bond acceptors (Lipinski definition) is 4. The highest BCUT2D eigenvalue weighted by atomic mass is 19.1. The molecular weight excluding hydrogens is 387 g/mol. The van der Waals surface area contributed by atoms with Crippen LogP contribution in [0.25, 0.3) is 10.8 Å². The molecule has 148 valence electrons. The Balaban J connectivity index is 0.000000212. The lowest BCUT2D eigenvalue weighted by Crippen LogP contribution is -2.03. The van der Waals surface area contributed by atoms with Gasteiger partial charge in [0, 0.05) is 0 Å². The van der Waals surface area contributed by atoms with Crippen molar-refractivity contribution in [3.63, 3.8) is 0 Å². The summed E-state index contributed by atoms with van der Waals surface area (Å²) in [5.74, 6) is -5.89. The topological polar surface area (TPSA) is 149 Å². The Hall–Kier alpha value is -4.27. The SMILES string of the molecule is O=C(O)c1ccc(C(=O)O)c(F)c1.O=C(O)c1ccc(C(=O)O)c2ccccc12. The third-order valence-electron chi connectivity index (χ3n) is 3.83. The Labute approximate surface area is 162 Å². The van der Waals surface area contributed by atoms with Crippen molar-refractivity contribution in [1.82, 2.24) is 0 Å². The Kier molecular flexibility index (Phi) is 6.25. The predicted molar refractivity (Wildman–Crippen MR) is 98.2 cm³/mol. The molecule has 9 heteroatoms. The van der Waals surface area contributed by atoms with E-state index in [1.54, 1.807) is 24.3 Å². The van der Waals surface area contributed by atoms with E-state index in [-0.39, 0.29) is 16.7 Å². The number of fused-ring (bicyclic) bond motifs is 1. The normalized spacial score (nSPS) is 9.97. The summed E-state index contributed by atoms with van der Waals surface area (Å²) in [4.78, 5) is 42.5. The summed E-state index contributed by atoms with van der Waals surface area (Å²) in [6.45, 7) is 0. The minimum Gasteiger partial charge on any atom is -0.478 e. The molecule has 0 fully saturated rings. The molecule has 4 N–H and O–H groups in total. The minimum absolute atomic E-state index is 0.112. The monoisotopic (exact) mass is 400 g/mol. The van der Waals surface area contributed by atoms with Gasteiger partial charge in [0.1, 0.15) is 5.82 Å². The molecule has 0 aromatic heterocycles. The molecule has 0 saturated heterocycles. The zero-order valence-electron chi connectivity index (χ0n) is 14.5. The average Bonchev–Trinajstić information content (AvgIpc) is 2.66. The molecule has 0 aliphatic heterocycles. The summed E-state index contributed by atoms with van der Waals surface area (Å²) in [6.07, 6.45) is 0. The van der Waals surface area contributed by atoms with E-state index in [1.165, 1.54) is 12.1 Å². The molecule has 3 aromatic rings. The Morgan fingerprint density at radius 1 is 0.586 bits per heavy atom. The molecule has 0 unspecified atom stereocenters. The van der Waals surface area contributed by atoms with Crippen LogP contribution >= 0.6 is 0 Å². The molecule has 8 nitrogen and oxygen atoms in total. The van der Waals surface area contributed by atoms with Crippen molar-refractivity contribution >= 4 is 34.6 Å². The van der Waals surface area contributed by atoms with Crippen molar-refractivity contribution in [2.24, 2.45) is 0 Å². The number of carboxylic acid groups (broad SMARTS) is 4. The quantitative estimate of drug-likeness (QED) is 0.520. The number of carboxylic acids is 4. The lowest BCUT2D eigenvalue weighted by atomic mass is 10.00. The van der Waals surface area contributed by atoms with Gasteiger partial charge in [-0.3, -0.25) is 0 Å². The van der Waals surface area contributed by atoms with Crippen molar-refractivity contribution in [3.05, 3.63) is 82.7 Å². The second-order valence-electron chi connectivity index (χ2n) is 5.62. The van der Waals surface area contributed by atoms with E-state index >= 15 is 0 Å². The van der Waals surface area contributed by atoms with Gasteiger partial charge in [-0.2, -0.15) is 0 Å². The Bertz CT molecular complexity index is 1080. The van der Waals surface area contributed by atoms with Gasteiger partial charge in [-0.1, -0.05) is 24.3 Å². The fraction of sp³-hybridized carbons (Fsp3) is 0. The van der Waals surface area contributed by atoms with Crippen molar-refractivity contribution in [2.75, 3.05) is 0 Å². The smallest absolute Gasteiger partial charge is 0.338 e. The van der Waals surface area contributed by atoms with E-state index in [1.807, 2.05) is 0 Å². The molecule has 0 radical (unpaired) electrons. The average molecular weight is 400 g/mol. The number of rotatable bonds is 4. The summed E-state index contributed by atoms with van der Waals surface area (Å²) in [5.41, 5.74) is -0.589. The summed E-state index contributed by atoms with van der Waals surface area (Å²) >= 11 is 0. The van der Waals surface area contributed by atoms with Gasteiger partial charge in [0.15, 0.2) is 0 Å². The van der Waals surface area contributed by atoms with Crippen LogP contribution in [-0.2, 0) is 0 Å². The van der Waals surface area contributed by atoms with Crippen LogP contribution in [0.3, 0.4) is 0 Å². The molecule has 29 heavy (non-hydrogen) atoms. The highest BCUT2D eigenvalue weighted by Gasteiger charge is 2.14. The third kappa shape index (κ3) is 4.72. The molecular formula is C20H13FO8. The van der Waals surface area contributed by atoms with Gasteiger partial charge in [-0.25, -0.2) is 23.6 Å². The van der Waals surface area contributed by atoms with E-state index < -0.39 is 35.3 Å². The zero-order valence-corrected chi connectivity index (χ0v) is 14.5. The van der Waals surface area contributed by atoms with E-state index in [9.17, 15) is 23.6 Å². The Morgan fingerprint density at radius 3 is 1.34 bits per heavy atom. The van der Waals surface area contributed by atoms with Crippen LogP contribution in [0.5, 0.6) is 0 Å². The molecule has 0 bridgehead atoms. The molecule has 0 saturated carbocycles. The van der Waals surface area contributed by atoms with Crippen molar-refractivity contribution in [2.45, 2.75) is 0 Å². The maximum Gasteiger partial charge on any atom is 0.338 e. The molecule has 0 aliphatic carbocycles. The van der Waals surface area contributed by atoms with Crippen molar-refractivity contribution in [1.29, 1.82) is 0 Å². The Morgan fingerprint density at radius 2 is 1.00 bits per heavy atom. The first kappa shape index (κ1) is 21.0. The number of benzene rings is 3. The second kappa shape index (κ2) is 8.61. The predicted octanol–water partition coefficient (Wildman–Crippen LogP) is 3.46. The van der Waals surface area contributed by atoms with Crippen molar-refractivity contribution < 1.29 is 44.0 Å². The molecule has 3 aromatic carbocycles. The number of hydrogen-bond donors (Lipinski definition) is 4. The first-order chi connectivity index (χ1) is 13.6. The second-order valence-corrected chi connectivity index (χ2v) is 5.62. The fourth-order valence-electron chi connectivity index (χ4n) is 2.49. The number of carbonyl (C=O) groups is 4. The van der Waals surface area contributed by atoms with Gasteiger partial charge in [-0.15, -0.1) is 0 Å². The van der Waals surface area contributed by atoms with Gasteiger partial charge in [0.05, 0.1) is 22.3 Å². The first-order valence-corrected chi connectivity index (χ1v) is 7.88. The van der Waals surface area contributed by atoms with E-state index in [0.29, 0.717) is 16.8 Å². The summed E-state index contributed by atoms with van der Waals surface area (Å²) in [6, 6.07) is 11.8. The van der Waals surface area contributed by atoms with E-state index in [2.05, 4.69) is 0 Å². The molecule has 0 heterocycles. The highest BCUT2D eigenvalue weighted by Crippen LogP contribution is 2.23. The third-order valence-corrected chi connectivity index (χ3v) is 3.83. The fourth-order valence-corrected chi connectivity index (χ4v) is 2.49. The largest absolute Gasteiger partial charge is 0.478 e. The van der Waals surface area contributed by atoms with Crippen LogP contribution in [0.1, 0.15) is 41.4 Å². The summed E-state index contributed by atoms with van der Waals surface area (Å²) in [7, 11) is 0. The van der Waals surface area contributed by atoms with Crippen LogP contribution in [0.4, 0.5) is 4.39 Å². The highest BCUT2D eigenvalue weighted by molar-refractivity contribution is 6.10. The zero-order chi connectivity index (χ0) is 21.7. The lowest BCUT2D eigenvalue weighted by Gasteiger charge is -2.05. The summed E-state index contributed by atoms with van der Waals surface area (Å²) in [5, 5.41) is 35.6. The molecule has 0 spiro atoms. The van der Waals surface area contributed by atoms with Gasteiger partial charge < -0.3 is 20.4 Å². The number of aromatic carboxylic acids is 4. The first-order valence-electron chi connectivity index (χ1n) is 7.88. The van der Waals surface area contributed by atoms with Crippen LogP contribution in [-0.4, -0.2) is 44.3 Å². The van der Waals surface area contributed by atoms with Crippen molar-refractivity contribution in [3.8, 4) is 0 Å². The van der Waals surface area contributed by atoms with Gasteiger partial charge >= 0.3 is 23.9 Å². The van der Waals surface area contributed by atoms with Crippen LogP contribution < -0.4 is 0 Å². The van der Waals surface area contributed by atoms with E-state index in [4.69, 9.17) is 20.4 Å². The number of halogens is 1. The molecule has 0 amide bonds. The van der Waals surface area contributed by atoms with Gasteiger partial charge in [0.2, 0.25) is 0 Å². The maximum atomic E-state index is 12.8. The van der Waals surface area contributed by atoms with Crippen LogP contribution in [0.2, 0.25) is 0 Å². The lowest BCUT2D eigenvalue weighted by molar-refractivity contribution is 0.0676. The standard InChI is InChI=1S/C12H8O4.C8H5FO4/c13-11(14)9-5-6-10(12(15)16)8-4-2-1-3-7(8)9;9-6-3-4(7(10)11)1-2-5(6)8(12)13/h1-6H,(H,13,14)(H,15,16);1-3H,(H,10,11)(H,12,13). The minimum atomic E-state index is -1.42. The van der Waals surface area contributed by atoms with Crippen LogP contribution in [0, 0.1) is 5.82 Å². The van der Waals surface area contributed by atoms with Crippen LogP contribution in [0.15, 0.2) is 54.6 Å². The van der Waals surface area contributed by atoms with E-state index in [0.717, 1.165) is 12.1 Å².